The molecule has 1 aromatic rings. The number of carboxylic acid groups (broad SMARTS) is 2. The molecule has 0 saturated heterocycles. The molecule has 1 atom stereocenters. The summed E-state index contributed by atoms with van der Waals surface area (Å²) in [5, 5.41) is 15.7. The Balaban J connectivity index is 0. The number of hydrogen-bond acceptors (Lipinski definition) is 4. The third-order valence-electron chi connectivity index (χ3n) is 2.13. The van der Waals surface area contributed by atoms with E-state index in [4.69, 9.17) is 25.2 Å². The lowest BCUT2D eigenvalue weighted by molar-refractivity contribution is -0.192. The molecule has 0 radical (unpaired) electrons. The number of halogens is 3. The molecule has 0 bridgehead atoms. The van der Waals surface area contributed by atoms with E-state index in [9.17, 15) is 18.0 Å². The zero-order chi connectivity index (χ0) is 16.1. The van der Waals surface area contributed by atoms with Crippen LogP contribution < -0.4 is 5.73 Å². The number of furan rings is 1. The van der Waals surface area contributed by atoms with Crippen LogP contribution in [0.15, 0.2) is 16.5 Å². The highest BCUT2D eigenvalue weighted by atomic mass is 19.4. The van der Waals surface area contributed by atoms with E-state index in [0.29, 0.717) is 5.76 Å². The van der Waals surface area contributed by atoms with Crippen LogP contribution in [0.4, 0.5) is 13.2 Å². The highest BCUT2D eigenvalue weighted by molar-refractivity contribution is 5.84. The number of carbonyl (C=O) groups is 2. The van der Waals surface area contributed by atoms with E-state index in [2.05, 4.69) is 0 Å². The zero-order valence-corrected chi connectivity index (χ0v) is 10.6. The molecule has 0 spiro atoms. The van der Waals surface area contributed by atoms with Crippen molar-refractivity contribution < 1.29 is 37.4 Å². The fourth-order valence-corrected chi connectivity index (χ4v) is 0.975. The quantitative estimate of drug-likeness (QED) is 0.790. The molecule has 0 saturated carbocycles. The summed E-state index contributed by atoms with van der Waals surface area (Å²) in [7, 11) is 0. The van der Waals surface area contributed by atoms with Crippen LogP contribution in [-0.2, 0) is 4.79 Å². The summed E-state index contributed by atoms with van der Waals surface area (Å²) in [5.74, 6) is -3.14. The van der Waals surface area contributed by atoms with Gasteiger partial charge in [-0.1, -0.05) is 21.3 Å². The highest BCUT2D eigenvalue weighted by Crippen LogP contribution is 2.20. The second-order valence-electron chi connectivity index (χ2n) is 4.08. The zero-order valence-electron chi connectivity index (χ0n) is 10.6. The monoisotopic (exact) mass is 313 g/mol. The van der Waals surface area contributed by atoms with Crippen molar-refractivity contribution >= 4 is 11.9 Å². The van der Waals surface area contributed by atoms with Gasteiger partial charge in [0, 0.05) is 0 Å². The van der Waals surface area contributed by atoms with Gasteiger partial charge in [-0.25, -0.2) is 9.59 Å². The Morgan fingerprint density at radius 2 is 1.67 bits per heavy atom. The number of rotatable bonds is 3. The molecule has 4 N–H and O–H groups in total. The first-order valence-electron chi connectivity index (χ1n) is 5.35. The SMILES string of the molecule is C.CC(C)[C@@H](N)c1ccc(C(=O)O)o1.O=C(O)C(F)(F)F. The molecule has 1 aromatic heterocycles. The molecular formula is C12H18F3NO5. The van der Waals surface area contributed by atoms with Crippen molar-refractivity contribution in [1.82, 2.24) is 0 Å². The lowest BCUT2D eigenvalue weighted by Crippen LogP contribution is -2.21. The van der Waals surface area contributed by atoms with E-state index < -0.39 is 18.1 Å². The van der Waals surface area contributed by atoms with Gasteiger partial charge in [0.25, 0.3) is 0 Å². The van der Waals surface area contributed by atoms with Gasteiger partial charge in [0.05, 0.1) is 6.04 Å². The Bertz CT molecular complexity index is 468. The molecule has 0 aliphatic rings. The first kappa shape index (κ1) is 21.3. The van der Waals surface area contributed by atoms with Crippen molar-refractivity contribution in [2.45, 2.75) is 33.5 Å². The van der Waals surface area contributed by atoms with Gasteiger partial charge in [0.1, 0.15) is 5.76 Å². The van der Waals surface area contributed by atoms with Gasteiger partial charge in [-0.3, -0.25) is 0 Å². The van der Waals surface area contributed by atoms with Crippen molar-refractivity contribution in [3.05, 3.63) is 23.7 Å². The van der Waals surface area contributed by atoms with Crippen molar-refractivity contribution in [1.29, 1.82) is 0 Å². The van der Waals surface area contributed by atoms with E-state index >= 15 is 0 Å². The van der Waals surface area contributed by atoms with E-state index in [-0.39, 0.29) is 25.1 Å². The van der Waals surface area contributed by atoms with Crippen LogP contribution in [0.2, 0.25) is 0 Å². The van der Waals surface area contributed by atoms with Crippen molar-refractivity contribution in [3.8, 4) is 0 Å². The molecule has 0 aliphatic heterocycles. The van der Waals surface area contributed by atoms with Crippen LogP contribution in [0.1, 0.15) is 43.6 Å². The largest absolute Gasteiger partial charge is 0.490 e. The summed E-state index contributed by atoms with van der Waals surface area (Å²) < 4.78 is 36.8. The number of alkyl halides is 3. The molecule has 9 heteroatoms. The Morgan fingerprint density at radius 3 is 1.90 bits per heavy atom. The standard InChI is InChI=1S/C9H13NO3.C2HF3O2.CH4/c1-5(2)8(10)6-3-4-7(13-6)9(11)12;3-2(4,5)1(6)7;/h3-5,8H,10H2,1-2H3,(H,11,12);(H,6,7);1H4/t8-;;/m1../s1. The molecule has 0 aliphatic carbocycles. The summed E-state index contributed by atoms with van der Waals surface area (Å²) in [6, 6.07) is 2.78. The smallest absolute Gasteiger partial charge is 0.475 e. The first-order chi connectivity index (χ1) is 8.96. The fourth-order valence-electron chi connectivity index (χ4n) is 0.975. The van der Waals surface area contributed by atoms with Crippen LogP contribution in [0.5, 0.6) is 0 Å². The molecular weight excluding hydrogens is 295 g/mol. The van der Waals surface area contributed by atoms with Crippen LogP contribution in [0, 0.1) is 5.92 Å². The van der Waals surface area contributed by atoms with Crippen LogP contribution >= 0.6 is 0 Å². The predicted molar refractivity (Wildman–Crippen MR) is 67.9 cm³/mol. The van der Waals surface area contributed by atoms with Crippen LogP contribution in [0.3, 0.4) is 0 Å². The number of aromatic carboxylic acids is 1. The van der Waals surface area contributed by atoms with Crippen molar-refractivity contribution in [2.75, 3.05) is 0 Å². The van der Waals surface area contributed by atoms with E-state index in [1.165, 1.54) is 6.07 Å². The Labute approximate surface area is 119 Å². The molecule has 21 heavy (non-hydrogen) atoms. The number of nitrogens with two attached hydrogens (primary N) is 1. The van der Waals surface area contributed by atoms with E-state index in [0.717, 1.165) is 0 Å². The van der Waals surface area contributed by atoms with Gasteiger partial charge in [0.2, 0.25) is 5.76 Å². The topological polar surface area (TPSA) is 114 Å². The van der Waals surface area contributed by atoms with Gasteiger partial charge in [0.15, 0.2) is 0 Å². The Morgan fingerprint density at radius 1 is 1.24 bits per heavy atom. The minimum absolute atomic E-state index is 0. The van der Waals surface area contributed by atoms with Crippen LogP contribution in [-0.4, -0.2) is 28.3 Å². The second kappa shape index (κ2) is 8.30. The third-order valence-corrected chi connectivity index (χ3v) is 2.13. The summed E-state index contributed by atoms with van der Waals surface area (Å²) in [4.78, 5) is 19.4. The van der Waals surface area contributed by atoms with Gasteiger partial charge in [-0.05, 0) is 18.1 Å². The Hall–Kier alpha value is -2.03. The van der Waals surface area contributed by atoms with Crippen molar-refractivity contribution in [3.63, 3.8) is 0 Å². The summed E-state index contributed by atoms with van der Waals surface area (Å²) >= 11 is 0. The molecule has 122 valence electrons. The molecule has 0 amide bonds. The van der Waals surface area contributed by atoms with Gasteiger partial charge in [-0.15, -0.1) is 0 Å². The average molecular weight is 313 g/mol. The summed E-state index contributed by atoms with van der Waals surface area (Å²) in [5.41, 5.74) is 5.76. The molecule has 1 heterocycles. The summed E-state index contributed by atoms with van der Waals surface area (Å²) in [6.07, 6.45) is -5.08. The van der Waals surface area contributed by atoms with E-state index in [1.54, 1.807) is 6.07 Å². The third kappa shape index (κ3) is 7.35. The second-order valence-corrected chi connectivity index (χ2v) is 4.08. The molecule has 1 rings (SSSR count). The lowest BCUT2D eigenvalue weighted by atomic mass is 10.0. The molecule has 6 nitrogen and oxygen atoms in total. The average Bonchev–Trinajstić information content (AvgIpc) is 2.76. The molecule has 0 unspecified atom stereocenters. The van der Waals surface area contributed by atoms with Gasteiger partial charge < -0.3 is 20.4 Å². The minimum Gasteiger partial charge on any atom is -0.475 e. The first-order valence-corrected chi connectivity index (χ1v) is 5.35. The fraction of sp³-hybridized carbons (Fsp3) is 0.500. The molecule has 0 aromatic carbocycles. The number of hydrogen-bond donors (Lipinski definition) is 3. The van der Waals surface area contributed by atoms with Gasteiger partial charge in [-0.2, -0.15) is 13.2 Å². The Kier molecular flexibility index (Phi) is 8.41. The number of aliphatic carboxylic acids is 1. The van der Waals surface area contributed by atoms with Crippen molar-refractivity contribution in [2.24, 2.45) is 11.7 Å². The predicted octanol–water partition coefficient (Wildman–Crippen LogP) is 2.90. The molecule has 0 fully saturated rings. The maximum atomic E-state index is 10.6. The number of carboxylic acids is 2. The summed E-state index contributed by atoms with van der Waals surface area (Å²) in [6.45, 7) is 3.90. The minimum atomic E-state index is -5.08. The highest BCUT2D eigenvalue weighted by Gasteiger charge is 2.38. The lowest BCUT2D eigenvalue weighted by Gasteiger charge is -2.11. The van der Waals surface area contributed by atoms with E-state index in [1.807, 2.05) is 13.8 Å². The van der Waals surface area contributed by atoms with Crippen LogP contribution in [0.25, 0.3) is 0 Å². The maximum Gasteiger partial charge on any atom is 0.490 e. The maximum absolute atomic E-state index is 10.6. The normalized spacial score (nSPS) is 12.0. The van der Waals surface area contributed by atoms with Gasteiger partial charge >= 0.3 is 18.1 Å².